The van der Waals surface area contributed by atoms with Crippen LogP contribution < -0.4 is 5.32 Å². The molecule has 6 heteroatoms. The maximum absolute atomic E-state index is 12.2. The summed E-state index contributed by atoms with van der Waals surface area (Å²) in [5, 5.41) is 14.9. The summed E-state index contributed by atoms with van der Waals surface area (Å²) in [5.41, 5.74) is 1.32. The van der Waals surface area contributed by atoms with Gasteiger partial charge in [0.05, 0.1) is 6.61 Å². The third kappa shape index (κ3) is 4.04. The van der Waals surface area contributed by atoms with Gasteiger partial charge >= 0.3 is 5.97 Å². The molecule has 2 N–H and O–H groups in total. The number of rotatable bonds is 6. The monoisotopic (exact) mass is 355 g/mol. The Hall–Kier alpha value is -2.70. The summed E-state index contributed by atoms with van der Waals surface area (Å²) in [6.07, 6.45) is 0. The maximum atomic E-state index is 12.2. The first-order valence-electron chi connectivity index (χ1n) is 7.77. The standard InChI is InChI=1S/C19H17NO4S/c21-10-16(20-18(22)13-6-2-1-3-7-13)19(23)24-11-14-12-25-17-9-5-4-8-15(14)17/h1-9,12,16,21H,10-11H2,(H,20,22). The van der Waals surface area contributed by atoms with Crippen LogP contribution in [0, 0.1) is 0 Å². The van der Waals surface area contributed by atoms with Gasteiger partial charge in [0.25, 0.3) is 5.91 Å². The molecule has 1 atom stereocenters. The second-order valence-corrected chi connectivity index (χ2v) is 6.35. The number of aliphatic hydroxyl groups is 1. The molecule has 0 radical (unpaired) electrons. The number of thiophene rings is 1. The van der Waals surface area contributed by atoms with E-state index in [4.69, 9.17) is 4.74 Å². The van der Waals surface area contributed by atoms with Crippen LogP contribution in [0.25, 0.3) is 10.1 Å². The second kappa shape index (κ2) is 7.92. The highest BCUT2D eigenvalue weighted by molar-refractivity contribution is 7.17. The van der Waals surface area contributed by atoms with Gasteiger partial charge in [-0.3, -0.25) is 4.79 Å². The first kappa shape index (κ1) is 17.1. The number of nitrogens with one attached hydrogen (secondary N) is 1. The normalized spacial score (nSPS) is 11.9. The van der Waals surface area contributed by atoms with Crippen molar-refractivity contribution in [2.45, 2.75) is 12.6 Å². The van der Waals surface area contributed by atoms with Crippen molar-refractivity contribution < 1.29 is 19.4 Å². The van der Waals surface area contributed by atoms with Crippen molar-refractivity contribution in [1.29, 1.82) is 0 Å². The third-order valence-electron chi connectivity index (χ3n) is 3.74. The number of aliphatic hydroxyl groups excluding tert-OH is 1. The lowest BCUT2D eigenvalue weighted by Crippen LogP contribution is -2.44. The molecule has 0 aliphatic heterocycles. The Labute approximate surface area is 148 Å². The Bertz CT molecular complexity index is 875. The first-order valence-corrected chi connectivity index (χ1v) is 8.65. The molecular formula is C19H17NO4S. The van der Waals surface area contributed by atoms with Crippen molar-refractivity contribution in [3.63, 3.8) is 0 Å². The average molecular weight is 355 g/mol. The number of carbonyl (C=O) groups is 2. The van der Waals surface area contributed by atoms with E-state index in [0.29, 0.717) is 5.56 Å². The summed E-state index contributed by atoms with van der Waals surface area (Å²) < 4.78 is 6.39. The van der Waals surface area contributed by atoms with Crippen LogP contribution in [0.3, 0.4) is 0 Å². The van der Waals surface area contributed by atoms with E-state index in [1.54, 1.807) is 41.7 Å². The zero-order valence-electron chi connectivity index (χ0n) is 13.3. The Balaban J connectivity index is 1.61. The summed E-state index contributed by atoms with van der Waals surface area (Å²) in [6.45, 7) is -0.428. The van der Waals surface area contributed by atoms with E-state index in [0.717, 1.165) is 15.6 Å². The Morgan fingerprint density at radius 1 is 1.08 bits per heavy atom. The molecule has 0 bridgehead atoms. The van der Waals surface area contributed by atoms with E-state index in [2.05, 4.69) is 5.32 Å². The molecule has 1 aromatic heterocycles. The van der Waals surface area contributed by atoms with Gasteiger partial charge in [-0.05, 0) is 29.0 Å². The van der Waals surface area contributed by atoms with E-state index in [1.165, 1.54) is 0 Å². The van der Waals surface area contributed by atoms with Crippen LogP contribution >= 0.6 is 11.3 Å². The minimum atomic E-state index is -1.10. The van der Waals surface area contributed by atoms with E-state index >= 15 is 0 Å². The van der Waals surface area contributed by atoms with Crippen LogP contribution in [-0.2, 0) is 16.1 Å². The van der Waals surface area contributed by atoms with Crippen molar-refractivity contribution in [2.24, 2.45) is 0 Å². The molecule has 0 fully saturated rings. The lowest BCUT2D eigenvalue weighted by atomic mass is 10.2. The van der Waals surface area contributed by atoms with Gasteiger partial charge in [0.2, 0.25) is 0 Å². The fraction of sp³-hybridized carbons (Fsp3) is 0.158. The van der Waals surface area contributed by atoms with Crippen LogP contribution in [0.1, 0.15) is 15.9 Å². The smallest absolute Gasteiger partial charge is 0.331 e. The molecule has 1 unspecified atom stereocenters. The van der Waals surface area contributed by atoms with Gasteiger partial charge in [-0.2, -0.15) is 0 Å². The minimum absolute atomic E-state index is 0.0978. The Kier molecular flexibility index (Phi) is 5.42. The number of hydrogen-bond donors (Lipinski definition) is 2. The topological polar surface area (TPSA) is 75.6 Å². The van der Waals surface area contributed by atoms with E-state index in [-0.39, 0.29) is 6.61 Å². The zero-order valence-corrected chi connectivity index (χ0v) is 14.2. The summed E-state index contributed by atoms with van der Waals surface area (Å²) >= 11 is 1.58. The Morgan fingerprint density at radius 2 is 1.80 bits per heavy atom. The minimum Gasteiger partial charge on any atom is -0.459 e. The van der Waals surface area contributed by atoms with Crippen LogP contribution in [0.4, 0.5) is 0 Å². The maximum Gasteiger partial charge on any atom is 0.331 e. The zero-order chi connectivity index (χ0) is 17.6. The van der Waals surface area contributed by atoms with Gasteiger partial charge in [-0.15, -0.1) is 11.3 Å². The third-order valence-corrected chi connectivity index (χ3v) is 4.75. The number of carbonyl (C=O) groups excluding carboxylic acids is 2. The van der Waals surface area contributed by atoms with Gasteiger partial charge < -0.3 is 15.2 Å². The average Bonchev–Trinajstić information content (AvgIpc) is 3.08. The molecule has 3 aromatic rings. The van der Waals surface area contributed by atoms with Crippen LogP contribution in [0.2, 0.25) is 0 Å². The first-order chi connectivity index (χ1) is 12.2. The van der Waals surface area contributed by atoms with Crippen molar-refractivity contribution >= 4 is 33.3 Å². The SMILES string of the molecule is O=C(NC(CO)C(=O)OCc1csc2ccccc12)c1ccccc1. The van der Waals surface area contributed by atoms with Crippen LogP contribution in [0.5, 0.6) is 0 Å². The van der Waals surface area contributed by atoms with Gasteiger partial charge in [0, 0.05) is 15.8 Å². The van der Waals surface area contributed by atoms with Crippen molar-refractivity contribution in [1.82, 2.24) is 5.32 Å². The lowest BCUT2D eigenvalue weighted by molar-refractivity contribution is -0.148. The highest BCUT2D eigenvalue weighted by atomic mass is 32.1. The molecule has 25 heavy (non-hydrogen) atoms. The number of fused-ring (bicyclic) bond motifs is 1. The van der Waals surface area contributed by atoms with E-state index in [1.807, 2.05) is 29.6 Å². The Morgan fingerprint density at radius 3 is 2.56 bits per heavy atom. The number of benzene rings is 2. The van der Waals surface area contributed by atoms with Crippen molar-refractivity contribution in [3.8, 4) is 0 Å². The highest BCUT2D eigenvalue weighted by Gasteiger charge is 2.22. The van der Waals surface area contributed by atoms with Gasteiger partial charge in [0.1, 0.15) is 6.61 Å². The number of esters is 1. The number of ether oxygens (including phenoxy) is 1. The van der Waals surface area contributed by atoms with Crippen LogP contribution in [0.15, 0.2) is 60.0 Å². The molecule has 3 rings (SSSR count). The lowest BCUT2D eigenvalue weighted by Gasteiger charge is -2.15. The highest BCUT2D eigenvalue weighted by Crippen LogP contribution is 2.26. The molecule has 5 nitrogen and oxygen atoms in total. The molecule has 0 spiro atoms. The molecule has 2 aromatic carbocycles. The summed E-state index contributed by atoms with van der Waals surface area (Å²) in [6, 6.07) is 15.3. The number of amides is 1. The molecule has 0 aliphatic carbocycles. The molecule has 0 saturated heterocycles. The fourth-order valence-electron chi connectivity index (χ4n) is 2.40. The quantitative estimate of drug-likeness (QED) is 0.667. The molecule has 0 saturated carbocycles. The molecule has 1 amide bonds. The predicted octanol–water partition coefficient (Wildman–Crippen LogP) is 2.74. The van der Waals surface area contributed by atoms with Crippen molar-refractivity contribution in [3.05, 3.63) is 71.1 Å². The second-order valence-electron chi connectivity index (χ2n) is 5.44. The van der Waals surface area contributed by atoms with Gasteiger partial charge in [-0.25, -0.2) is 4.79 Å². The number of hydrogen-bond acceptors (Lipinski definition) is 5. The van der Waals surface area contributed by atoms with Gasteiger partial charge in [0.15, 0.2) is 6.04 Å². The summed E-state index contributed by atoms with van der Waals surface area (Å²) in [4.78, 5) is 24.3. The molecule has 0 aliphatic rings. The van der Waals surface area contributed by atoms with E-state index in [9.17, 15) is 14.7 Å². The fourth-order valence-corrected chi connectivity index (χ4v) is 3.35. The molecular weight excluding hydrogens is 338 g/mol. The van der Waals surface area contributed by atoms with Gasteiger partial charge in [-0.1, -0.05) is 36.4 Å². The molecule has 1 heterocycles. The molecule has 128 valence electrons. The van der Waals surface area contributed by atoms with E-state index < -0.39 is 24.5 Å². The summed E-state index contributed by atoms with van der Waals surface area (Å²) in [7, 11) is 0. The van der Waals surface area contributed by atoms with Crippen LogP contribution in [-0.4, -0.2) is 29.6 Å². The summed E-state index contributed by atoms with van der Waals surface area (Å²) in [5.74, 6) is -1.10. The largest absolute Gasteiger partial charge is 0.459 e. The predicted molar refractivity (Wildman–Crippen MR) is 96.4 cm³/mol. The van der Waals surface area contributed by atoms with Crippen molar-refractivity contribution in [2.75, 3.05) is 6.61 Å².